The third kappa shape index (κ3) is 4.66. The molecule has 0 heterocycles. The third-order valence-corrected chi connectivity index (χ3v) is 4.09. The molecule has 1 fully saturated rings. The van der Waals surface area contributed by atoms with Gasteiger partial charge in [0.05, 0.1) is 32.0 Å². The van der Waals surface area contributed by atoms with Crippen molar-refractivity contribution >= 4 is 11.6 Å². The molecule has 0 aliphatic heterocycles. The minimum absolute atomic E-state index is 0.0857. The van der Waals surface area contributed by atoms with Crippen molar-refractivity contribution in [2.24, 2.45) is 0 Å². The topological polar surface area (TPSA) is 39.7 Å². The van der Waals surface area contributed by atoms with Gasteiger partial charge in [0, 0.05) is 18.2 Å². The van der Waals surface area contributed by atoms with Crippen molar-refractivity contribution in [1.29, 1.82) is 0 Å². The van der Waals surface area contributed by atoms with E-state index < -0.39 is 0 Å². The lowest BCUT2D eigenvalue weighted by Crippen LogP contribution is -2.60. The van der Waals surface area contributed by atoms with E-state index in [-0.39, 0.29) is 12.2 Å². The zero-order chi connectivity index (χ0) is 15.1. The Labute approximate surface area is 131 Å². The highest BCUT2D eigenvalue weighted by atomic mass is 35.5. The number of ether oxygens (including phenoxy) is 3. The lowest BCUT2D eigenvalue weighted by Gasteiger charge is -2.44. The molecule has 0 radical (unpaired) electrons. The van der Waals surface area contributed by atoms with Crippen molar-refractivity contribution in [3.63, 3.8) is 0 Å². The van der Waals surface area contributed by atoms with Crippen LogP contribution in [0, 0.1) is 0 Å². The molecule has 1 N–H and O–H groups in total. The predicted octanol–water partition coefficient (Wildman–Crippen LogP) is 2.64. The molecule has 1 saturated carbocycles. The summed E-state index contributed by atoms with van der Waals surface area (Å²) in [5.74, 6) is 0. The van der Waals surface area contributed by atoms with Gasteiger partial charge in [0.2, 0.25) is 0 Å². The smallest absolute Gasteiger partial charge is 0.0991 e. The molecule has 3 unspecified atom stereocenters. The van der Waals surface area contributed by atoms with Gasteiger partial charge in [-0.05, 0) is 24.6 Å². The van der Waals surface area contributed by atoms with Crippen LogP contribution in [0.1, 0.15) is 18.9 Å². The predicted molar refractivity (Wildman–Crippen MR) is 83.7 cm³/mol. The lowest BCUT2D eigenvalue weighted by atomic mass is 9.85. The average Bonchev–Trinajstić information content (AvgIpc) is 2.48. The van der Waals surface area contributed by atoms with Crippen LogP contribution in [0.4, 0.5) is 0 Å². The first-order chi connectivity index (χ1) is 10.3. The second-order valence-corrected chi connectivity index (χ2v) is 5.58. The molecule has 21 heavy (non-hydrogen) atoms. The molecule has 3 atom stereocenters. The van der Waals surface area contributed by atoms with Crippen LogP contribution in [0.2, 0.25) is 5.02 Å². The van der Waals surface area contributed by atoms with E-state index >= 15 is 0 Å². The quantitative estimate of drug-likeness (QED) is 0.712. The molecule has 2 rings (SSSR count). The molecule has 0 saturated heterocycles. The molecule has 1 aliphatic rings. The number of hydrogen-bond donors (Lipinski definition) is 1. The summed E-state index contributed by atoms with van der Waals surface area (Å²) in [6.45, 7) is 4.76. The summed E-state index contributed by atoms with van der Waals surface area (Å²) >= 11 is 6.15. The Kier molecular flexibility index (Phi) is 6.93. The van der Waals surface area contributed by atoms with E-state index in [1.807, 2.05) is 24.3 Å². The first kappa shape index (κ1) is 16.7. The summed E-state index contributed by atoms with van der Waals surface area (Å²) in [6, 6.07) is 8.13. The van der Waals surface area contributed by atoms with E-state index in [0.29, 0.717) is 25.9 Å². The summed E-state index contributed by atoms with van der Waals surface area (Å²) in [5.41, 5.74) is 1.02. The fraction of sp³-hybridized carbons (Fsp3) is 0.625. The zero-order valence-electron chi connectivity index (χ0n) is 12.7. The molecule has 0 bridgehead atoms. The molecular formula is C16H24ClNO3. The second kappa shape index (κ2) is 8.71. The number of benzene rings is 1. The first-order valence-electron chi connectivity index (χ1n) is 7.45. The van der Waals surface area contributed by atoms with E-state index in [0.717, 1.165) is 23.6 Å². The molecular weight excluding hydrogens is 290 g/mol. The van der Waals surface area contributed by atoms with Crippen molar-refractivity contribution in [3.8, 4) is 0 Å². The SMILES string of the molecule is CCNC1CC(OCc2ccccc2Cl)C1OCCOC. The Balaban J connectivity index is 1.82. The molecule has 0 spiro atoms. The Morgan fingerprint density at radius 2 is 2.05 bits per heavy atom. The van der Waals surface area contributed by atoms with Crippen LogP contribution in [0.25, 0.3) is 0 Å². The second-order valence-electron chi connectivity index (χ2n) is 5.17. The van der Waals surface area contributed by atoms with Gasteiger partial charge >= 0.3 is 0 Å². The maximum atomic E-state index is 6.15. The molecule has 4 nitrogen and oxygen atoms in total. The Hall–Kier alpha value is -0.650. The fourth-order valence-corrected chi connectivity index (χ4v) is 2.70. The van der Waals surface area contributed by atoms with Crippen LogP contribution in [-0.2, 0) is 20.8 Å². The Morgan fingerprint density at radius 1 is 1.24 bits per heavy atom. The lowest BCUT2D eigenvalue weighted by molar-refractivity contribution is -0.156. The first-order valence-corrected chi connectivity index (χ1v) is 7.83. The van der Waals surface area contributed by atoms with Gasteiger partial charge < -0.3 is 19.5 Å². The Bertz CT molecular complexity index is 430. The molecule has 5 heteroatoms. The number of hydrogen-bond acceptors (Lipinski definition) is 4. The summed E-state index contributed by atoms with van der Waals surface area (Å²) in [7, 11) is 1.68. The van der Waals surface area contributed by atoms with Crippen LogP contribution in [-0.4, -0.2) is 45.1 Å². The van der Waals surface area contributed by atoms with Gasteiger partial charge in [-0.2, -0.15) is 0 Å². The van der Waals surface area contributed by atoms with Gasteiger partial charge in [0.15, 0.2) is 0 Å². The average molecular weight is 314 g/mol. The summed E-state index contributed by atoms with van der Waals surface area (Å²) in [6.07, 6.45) is 1.17. The molecule has 1 aromatic rings. The minimum Gasteiger partial charge on any atom is -0.382 e. The standard InChI is InChI=1S/C16H24ClNO3/c1-3-18-14-10-15(16(14)20-9-8-19-2)21-11-12-6-4-5-7-13(12)17/h4-7,14-16,18H,3,8-11H2,1-2H3. The minimum atomic E-state index is 0.0857. The number of rotatable bonds is 9. The third-order valence-electron chi connectivity index (χ3n) is 3.72. The van der Waals surface area contributed by atoms with Crippen LogP contribution >= 0.6 is 11.6 Å². The molecule has 1 aromatic carbocycles. The van der Waals surface area contributed by atoms with Crippen molar-refractivity contribution < 1.29 is 14.2 Å². The van der Waals surface area contributed by atoms with Gasteiger partial charge in [0.25, 0.3) is 0 Å². The van der Waals surface area contributed by atoms with Crippen molar-refractivity contribution in [1.82, 2.24) is 5.32 Å². The van der Waals surface area contributed by atoms with Crippen molar-refractivity contribution in [3.05, 3.63) is 34.9 Å². The van der Waals surface area contributed by atoms with Crippen LogP contribution < -0.4 is 5.32 Å². The molecule has 0 aromatic heterocycles. The van der Waals surface area contributed by atoms with Gasteiger partial charge in [-0.3, -0.25) is 0 Å². The summed E-state index contributed by atoms with van der Waals surface area (Å²) in [4.78, 5) is 0. The van der Waals surface area contributed by atoms with E-state index in [4.69, 9.17) is 25.8 Å². The highest BCUT2D eigenvalue weighted by molar-refractivity contribution is 6.31. The van der Waals surface area contributed by atoms with Gasteiger partial charge in [-0.1, -0.05) is 36.7 Å². The van der Waals surface area contributed by atoms with E-state index in [1.54, 1.807) is 7.11 Å². The number of nitrogens with one attached hydrogen (secondary N) is 1. The molecule has 118 valence electrons. The van der Waals surface area contributed by atoms with E-state index in [1.165, 1.54) is 0 Å². The highest BCUT2D eigenvalue weighted by Gasteiger charge is 2.42. The largest absolute Gasteiger partial charge is 0.382 e. The van der Waals surface area contributed by atoms with Gasteiger partial charge in [-0.25, -0.2) is 0 Å². The van der Waals surface area contributed by atoms with Gasteiger partial charge in [-0.15, -0.1) is 0 Å². The van der Waals surface area contributed by atoms with Crippen LogP contribution in [0.3, 0.4) is 0 Å². The van der Waals surface area contributed by atoms with Crippen LogP contribution in [0.5, 0.6) is 0 Å². The number of halogens is 1. The maximum Gasteiger partial charge on any atom is 0.0991 e. The summed E-state index contributed by atoms with van der Waals surface area (Å²) < 4.78 is 16.9. The highest BCUT2D eigenvalue weighted by Crippen LogP contribution is 2.29. The summed E-state index contributed by atoms with van der Waals surface area (Å²) in [5, 5.41) is 4.17. The zero-order valence-corrected chi connectivity index (χ0v) is 13.4. The normalized spacial score (nSPS) is 24.8. The Morgan fingerprint density at radius 3 is 2.76 bits per heavy atom. The monoisotopic (exact) mass is 313 g/mol. The molecule has 0 amide bonds. The molecule has 1 aliphatic carbocycles. The number of likely N-dealkylation sites (N-methyl/N-ethyl adjacent to an activating group) is 1. The van der Waals surface area contributed by atoms with E-state index in [2.05, 4.69) is 12.2 Å². The maximum absolute atomic E-state index is 6.15. The fourth-order valence-electron chi connectivity index (χ4n) is 2.51. The number of methoxy groups -OCH3 is 1. The van der Waals surface area contributed by atoms with Crippen molar-refractivity contribution in [2.75, 3.05) is 26.9 Å². The van der Waals surface area contributed by atoms with Gasteiger partial charge in [0.1, 0.15) is 0 Å². The van der Waals surface area contributed by atoms with Crippen LogP contribution in [0.15, 0.2) is 24.3 Å². The van der Waals surface area contributed by atoms with Crippen molar-refractivity contribution in [2.45, 2.75) is 38.2 Å². The van der Waals surface area contributed by atoms with E-state index in [9.17, 15) is 0 Å².